The number of nitrogens with one attached hydrogen (secondary N) is 3. The number of aromatic nitrogens is 4. The van der Waals surface area contributed by atoms with Gasteiger partial charge in [0.15, 0.2) is 11.4 Å². The Morgan fingerprint density at radius 3 is 2.45 bits per heavy atom. The minimum absolute atomic E-state index is 0.132. The van der Waals surface area contributed by atoms with Gasteiger partial charge in [0.05, 0.1) is 23.1 Å². The summed E-state index contributed by atoms with van der Waals surface area (Å²) < 4.78 is 1.98. The van der Waals surface area contributed by atoms with Crippen LogP contribution >= 0.6 is 0 Å². The van der Waals surface area contributed by atoms with E-state index in [2.05, 4.69) is 15.6 Å². The molecule has 0 aliphatic heterocycles. The number of benzene rings is 1. The number of fused-ring (bicyclic) bond motifs is 1. The van der Waals surface area contributed by atoms with Gasteiger partial charge in [0.2, 0.25) is 0 Å². The SMILES string of the molecule is CCc1nn(C2CCCC2)c2nc(Cc3cc(NC)c(O)c(NC)c3)[nH]c(=O)c12. The van der Waals surface area contributed by atoms with E-state index in [0.717, 1.165) is 24.1 Å². The van der Waals surface area contributed by atoms with Crippen molar-refractivity contribution in [3.63, 3.8) is 0 Å². The molecule has 8 heteroatoms. The zero-order valence-electron chi connectivity index (χ0n) is 17.2. The highest BCUT2D eigenvalue weighted by molar-refractivity contribution is 5.77. The lowest BCUT2D eigenvalue weighted by atomic mass is 10.1. The number of nitrogens with zero attached hydrogens (tertiary/aromatic N) is 3. The largest absolute Gasteiger partial charge is 0.504 e. The molecule has 29 heavy (non-hydrogen) atoms. The normalized spacial score (nSPS) is 14.6. The Kier molecular flexibility index (Phi) is 5.17. The molecule has 0 saturated heterocycles. The van der Waals surface area contributed by atoms with Gasteiger partial charge in [-0.15, -0.1) is 0 Å². The van der Waals surface area contributed by atoms with Crippen LogP contribution in [0.15, 0.2) is 16.9 Å². The summed E-state index contributed by atoms with van der Waals surface area (Å²) >= 11 is 0. The summed E-state index contributed by atoms with van der Waals surface area (Å²) in [5, 5.41) is 21.6. The van der Waals surface area contributed by atoms with Crippen LogP contribution < -0.4 is 16.2 Å². The number of hydrogen-bond donors (Lipinski definition) is 4. The third-order valence-electron chi connectivity index (χ3n) is 5.77. The maximum absolute atomic E-state index is 12.9. The highest BCUT2D eigenvalue weighted by Gasteiger charge is 2.24. The molecule has 1 aliphatic rings. The van der Waals surface area contributed by atoms with Gasteiger partial charge in [0.1, 0.15) is 11.2 Å². The fourth-order valence-corrected chi connectivity index (χ4v) is 4.27. The van der Waals surface area contributed by atoms with Crippen LogP contribution in [0.2, 0.25) is 0 Å². The van der Waals surface area contributed by atoms with Gasteiger partial charge in [-0.2, -0.15) is 5.10 Å². The van der Waals surface area contributed by atoms with Gasteiger partial charge < -0.3 is 20.7 Å². The number of anilines is 2. The number of phenols is 1. The molecule has 0 atom stereocenters. The molecule has 0 unspecified atom stereocenters. The number of H-pyrrole nitrogens is 1. The van der Waals surface area contributed by atoms with Crippen molar-refractivity contribution in [2.24, 2.45) is 0 Å². The summed E-state index contributed by atoms with van der Waals surface area (Å²) in [7, 11) is 3.52. The first-order chi connectivity index (χ1) is 14.0. The van der Waals surface area contributed by atoms with Gasteiger partial charge in [-0.05, 0) is 37.0 Å². The maximum Gasteiger partial charge on any atom is 0.262 e. The second-order valence-electron chi connectivity index (χ2n) is 7.61. The number of phenolic OH excluding ortho intramolecular Hbond substituents is 1. The molecule has 0 spiro atoms. The lowest BCUT2D eigenvalue weighted by Gasteiger charge is -2.13. The molecule has 3 aromatic rings. The van der Waals surface area contributed by atoms with Crippen molar-refractivity contribution in [2.75, 3.05) is 24.7 Å². The molecular weight excluding hydrogens is 368 g/mol. The van der Waals surface area contributed by atoms with Crippen LogP contribution in [0.4, 0.5) is 11.4 Å². The number of aromatic hydroxyl groups is 1. The summed E-state index contributed by atoms with van der Waals surface area (Å²) in [6.45, 7) is 2.02. The molecular formula is C21H28N6O2. The van der Waals surface area contributed by atoms with E-state index >= 15 is 0 Å². The van der Waals surface area contributed by atoms with E-state index in [-0.39, 0.29) is 11.3 Å². The number of hydrogen-bond acceptors (Lipinski definition) is 6. The van der Waals surface area contributed by atoms with Gasteiger partial charge in [0.25, 0.3) is 5.56 Å². The van der Waals surface area contributed by atoms with Crippen LogP contribution in [-0.4, -0.2) is 39.0 Å². The Morgan fingerprint density at radius 1 is 1.21 bits per heavy atom. The summed E-state index contributed by atoms with van der Waals surface area (Å²) in [5.74, 6) is 0.765. The van der Waals surface area contributed by atoms with Crippen molar-refractivity contribution >= 4 is 22.4 Å². The van der Waals surface area contributed by atoms with Gasteiger partial charge in [-0.25, -0.2) is 9.67 Å². The Morgan fingerprint density at radius 2 is 1.86 bits per heavy atom. The molecule has 1 aliphatic carbocycles. The second kappa shape index (κ2) is 7.77. The van der Waals surface area contributed by atoms with E-state index in [1.807, 2.05) is 23.7 Å². The lowest BCUT2D eigenvalue weighted by Crippen LogP contribution is -2.15. The fourth-order valence-electron chi connectivity index (χ4n) is 4.27. The standard InChI is InChI=1S/C21H28N6O2/c1-4-14-18-20(27(26-14)13-7-5-6-8-13)24-17(25-21(18)29)11-12-9-15(22-2)19(28)16(10-12)23-3/h9-10,13,22-23,28H,4-8,11H2,1-3H3,(H,24,25,29). The highest BCUT2D eigenvalue weighted by Crippen LogP contribution is 2.34. The Hall–Kier alpha value is -3.03. The third kappa shape index (κ3) is 3.43. The topological polar surface area (TPSA) is 108 Å². The van der Waals surface area contributed by atoms with E-state index in [1.165, 1.54) is 12.8 Å². The molecule has 2 heterocycles. The molecule has 8 nitrogen and oxygen atoms in total. The zero-order chi connectivity index (χ0) is 20.5. The number of rotatable bonds is 6. The van der Waals surface area contributed by atoms with E-state index in [9.17, 15) is 9.90 Å². The van der Waals surface area contributed by atoms with Crippen LogP contribution in [0.3, 0.4) is 0 Å². The summed E-state index contributed by atoms with van der Waals surface area (Å²) in [6.07, 6.45) is 5.70. The van der Waals surface area contributed by atoms with Crippen LogP contribution in [0, 0.1) is 0 Å². The summed E-state index contributed by atoms with van der Waals surface area (Å²) in [6, 6.07) is 4.05. The van der Waals surface area contributed by atoms with Crippen LogP contribution in [0.25, 0.3) is 11.0 Å². The lowest BCUT2D eigenvalue weighted by molar-refractivity contribution is 0.474. The van der Waals surface area contributed by atoms with E-state index in [1.54, 1.807) is 14.1 Å². The van der Waals surface area contributed by atoms with Crippen molar-refractivity contribution in [1.29, 1.82) is 0 Å². The van der Waals surface area contributed by atoms with Crippen molar-refractivity contribution in [1.82, 2.24) is 19.7 Å². The second-order valence-corrected chi connectivity index (χ2v) is 7.61. The van der Waals surface area contributed by atoms with Crippen molar-refractivity contribution in [3.05, 3.63) is 39.6 Å². The number of aryl methyl sites for hydroxylation is 1. The summed E-state index contributed by atoms with van der Waals surface area (Å²) in [5.41, 5.74) is 3.55. The monoisotopic (exact) mass is 396 g/mol. The average Bonchev–Trinajstić information content (AvgIpc) is 3.36. The van der Waals surface area contributed by atoms with Gasteiger partial charge in [-0.3, -0.25) is 4.79 Å². The minimum atomic E-state index is -0.132. The first kappa shape index (κ1) is 19.3. The predicted molar refractivity (Wildman–Crippen MR) is 115 cm³/mol. The molecule has 0 radical (unpaired) electrons. The van der Waals surface area contributed by atoms with Crippen molar-refractivity contribution in [3.8, 4) is 5.75 Å². The molecule has 4 rings (SSSR count). The molecule has 4 N–H and O–H groups in total. The fraction of sp³-hybridized carbons (Fsp3) is 0.476. The molecule has 2 aromatic heterocycles. The van der Waals surface area contributed by atoms with Crippen molar-refractivity contribution in [2.45, 2.75) is 51.5 Å². The zero-order valence-corrected chi connectivity index (χ0v) is 17.2. The average molecular weight is 396 g/mol. The summed E-state index contributed by atoms with van der Waals surface area (Å²) in [4.78, 5) is 20.6. The minimum Gasteiger partial charge on any atom is -0.504 e. The quantitative estimate of drug-likeness (QED) is 0.477. The van der Waals surface area contributed by atoms with Crippen LogP contribution in [-0.2, 0) is 12.8 Å². The smallest absolute Gasteiger partial charge is 0.262 e. The van der Waals surface area contributed by atoms with Crippen LogP contribution in [0.1, 0.15) is 55.7 Å². The van der Waals surface area contributed by atoms with Gasteiger partial charge in [0, 0.05) is 20.5 Å². The molecule has 1 saturated carbocycles. The van der Waals surface area contributed by atoms with E-state index in [0.29, 0.717) is 47.1 Å². The van der Waals surface area contributed by atoms with Gasteiger partial charge >= 0.3 is 0 Å². The molecule has 1 aromatic carbocycles. The first-order valence-electron chi connectivity index (χ1n) is 10.3. The first-order valence-corrected chi connectivity index (χ1v) is 10.3. The molecule has 154 valence electrons. The molecule has 0 bridgehead atoms. The third-order valence-corrected chi connectivity index (χ3v) is 5.77. The van der Waals surface area contributed by atoms with E-state index < -0.39 is 0 Å². The highest BCUT2D eigenvalue weighted by atomic mass is 16.3. The van der Waals surface area contributed by atoms with Gasteiger partial charge in [-0.1, -0.05) is 19.8 Å². The number of aromatic amines is 1. The van der Waals surface area contributed by atoms with Crippen molar-refractivity contribution < 1.29 is 5.11 Å². The Balaban J connectivity index is 1.79. The Labute approximate surface area is 169 Å². The maximum atomic E-state index is 12.9. The molecule has 1 fully saturated rings. The predicted octanol–water partition coefficient (Wildman–Crippen LogP) is 3.18. The Bertz CT molecular complexity index is 1070. The van der Waals surface area contributed by atoms with E-state index in [4.69, 9.17) is 10.1 Å². The molecule has 0 amide bonds. The van der Waals surface area contributed by atoms with Crippen LogP contribution in [0.5, 0.6) is 5.75 Å².